The summed E-state index contributed by atoms with van der Waals surface area (Å²) < 4.78 is 31.7. The monoisotopic (exact) mass is 676 g/mol. The van der Waals surface area contributed by atoms with Crippen LogP contribution in [-0.2, 0) is 33.2 Å². The molecule has 3 aromatic heterocycles. The molecule has 4 aromatic rings. The van der Waals surface area contributed by atoms with Gasteiger partial charge in [0.25, 0.3) is 0 Å². The van der Waals surface area contributed by atoms with Gasteiger partial charge in [0, 0.05) is 50.7 Å². The van der Waals surface area contributed by atoms with E-state index < -0.39 is 15.9 Å². The molecule has 1 aromatic carbocycles. The van der Waals surface area contributed by atoms with E-state index in [9.17, 15) is 18.0 Å². The van der Waals surface area contributed by atoms with Crippen molar-refractivity contribution < 1.29 is 18.0 Å². The number of amides is 2. The molecular formula is C33H44N10O4S. The first-order chi connectivity index (χ1) is 23.2. The number of carbonyl (C=O) groups is 2. The summed E-state index contributed by atoms with van der Waals surface area (Å²) in [4.78, 5) is 35.6. The molecule has 0 aliphatic carbocycles. The number of hydrogen-bond acceptors (Lipinski definition) is 10. The summed E-state index contributed by atoms with van der Waals surface area (Å²) in [6.07, 6.45) is 8.41. The van der Waals surface area contributed by atoms with Gasteiger partial charge in [0.2, 0.25) is 27.8 Å². The lowest BCUT2D eigenvalue weighted by molar-refractivity contribution is -0.134. The minimum atomic E-state index is -3.32. The minimum absolute atomic E-state index is 0.124. The van der Waals surface area contributed by atoms with E-state index in [4.69, 9.17) is 0 Å². The van der Waals surface area contributed by atoms with Crippen LogP contribution >= 0.6 is 0 Å². The zero-order valence-corrected chi connectivity index (χ0v) is 28.5. The van der Waals surface area contributed by atoms with Crippen LogP contribution in [0.1, 0.15) is 75.0 Å². The quantitative estimate of drug-likeness (QED) is 0.239. The number of carbonyl (C=O) groups excluding carboxylic acids is 2. The number of benzene rings is 1. The molecule has 3 fully saturated rings. The number of likely N-dealkylation sites (tertiary alicyclic amines) is 1. The average Bonchev–Trinajstić information content (AvgIpc) is 3.65. The molecule has 256 valence electrons. The van der Waals surface area contributed by atoms with Gasteiger partial charge in [0.05, 0.1) is 34.5 Å². The van der Waals surface area contributed by atoms with Gasteiger partial charge in [0.1, 0.15) is 0 Å². The van der Waals surface area contributed by atoms with Crippen LogP contribution in [-0.4, -0.2) is 103 Å². The second-order valence-electron chi connectivity index (χ2n) is 13.3. The lowest BCUT2D eigenvalue weighted by Crippen LogP contribution is -2.44. The van der Waals surface area contributed by atoms with Gasteiger partial charge in [-0.1, -0.05) is 12.1 Å². The molecule has 0 bridgehead atoms. The number of aromatic nitrogens is 6. The molecule has 0 radical (unpaired) electrons. The van der Waals surface area contributed by atoms with E-state index in [1.54, 1.807) is 16.7 Å². The third-order valence-corrected chi connectivity index (χ3v) is 12.2. The molecule has 3 saturated heterocycles. The van der Waals surface area contributed by atoms with Crippen LogP contribution in [0.3, 0.4) is 0 Å². The third-order valence-electron chi connectivity index (χ3n) is 10.3. The largest absolute Gasteiger partial charge is 0.351 e. The predicted molar refractivity (Wildman–Crippen MR) is 182 cm³/mol. The Morgan fingerprint density at radius 2 is 1.81 bits per heavy atom. The van der Waals surface area contributed by atoms with Crippen LogP contribution in [0.15, 0.2) is 30.6 Å². The third kappa shape index (κ3) is 6.67. The number of fused-ring (bicyclic) bond motifs is 2. The average molecular weight is 677 g/mol. The van der Waals surface area contributed by atoms with Crippen molar-refractivity contribution in [3.63, 3.8) is 0 Å². The van der Waals surface area contributed by atoms with Gasteiger partial charge >= 0.3 is 0 Å². The summed E-state index contributed by atoms with van der Waals surface area (Å²) in [7, 11) is -1.42. The molecule has 2 amide bonds. The maximum atomic E-state index is 13.2. The molecular weight excluding hydrogens is 632 g/mol. The number of sulfonamides is 1. The van der Waals surface area contributed by atoms with Crippen molar-refractivity contribution in [2.75, 3.05) is 43.8 Å². The lowest BCUT2D eigenvalue weighted by Gasteiger charge is -2.33. The molecule has 14 nitrogen and oxygen atoms in total. The van der Waals surface area contributed by atoms with Crippen LogP contribution in [0.25, 0.3) is 21.9 Å². The zero-order valence-electron chi connectivity index (χ0n) is 27.6. The molecule has 15 heteroatoms. The fraction of sp³-hybridized carbons (Fsp3) is 0.576. The molecule has 3 aliphatic rings. The zero-order chi connectivity index (χ0) is 33.4. The van der Waals surface area contributed by atoms with Gasteiger partial charge < -0.3 is 10.2 Å². The number of imide groups is 1. The minimum Gasteiger partial charge on any atom is -0.351 e. The van der Waals surface area contributed by atoms with Crippen LogP contribution in [0.5, 0.6) is 0 Å². The Bertz CT molecular complexity index is 1920. The highest BCUT2D eigenvalue weighted by molar-refractivity contribution is 7.89. The summed E-state index contributed by atoms with van der Waals surface area (Å²) in [5, 5.41) is 16.7. The molecule has 1 atom stereocenters. The predicted octanol–water partition coefficient (Wildman–Crippen LogP) is 2.73. The first-order valence-corrected chi connectivity index (χ1v) is 18.7. The maximum absolute atomic E-state index is 13.2. The first-order valence-electron chi connectivity index (χ1n) is 17.1. The smallest absolute Gasteiger partial charge is 0.235 e. The summed E-state index contributed by atoms with van der Waals surface area (Å²) in [5.41, 5.74) is 3.79. The molecule has 0 spiro atoms. The number of piperidine rings is 3. The summed E-state index contributed by atoms with van der Waals surface area (Å²) in [6.45, 7) is 6.38. The SMILES string of the molecule is CCn1ncc2cnc(NC3CCN(S(=O)(=O)CCCN4CCC(c5ccc6c(C7CCC(=O)NC7=O)nn(C)c6c5)CC4)CC3)nc21. The van der Waals surface area contributed by atoms with Crippen molar-refractivity contribution in [1.82, 2.24) is 44.1 Å². The Kier molecular flexibility index (Phi) is 9.18. The molecule has 0 saturated carbocycles. The lowest BCUT2D eigenvalue weighted by atomic mass is 9.88. The first kappa shape index (κ1) is 32.6. The van der Waals surface area contributed by atoms with Crippen molar-refractivity contribution in [3.8, 4) is 0 Å². The van der Waals surface area contributed by atoms with Gasteiger partial charge in [-0.2, -0.15) is 15.2 Å². The van der Waals surface area contributed by atoms with Crippen molar-refractivity contribution >= 4 is 49.7 Å². The van der Waals surface area contributed by atoms with Crippen molar-refractivity contribution in [2.45, 2.75) is 76.3 Å². The highest BCUT2D eigenvalue weighted by atomic mass is 32.2. The van der Waals surface area contributed by atoms with Gasteiger partial charge in [-0.05, 0) is 82.6 Å². The normalized spacial score (nSPS) is 20.9. The van der Waals surface area contributed by atoms with Crippen LogP contribution < -0.4 is 10.6 Å². The molecule has 48 heavy (non-hydrogen) atoms. The van der Waals surface area contributed by atoms with E-state index in [1.165, 1.54) is 5.56 Å². The Morgan fingerprint density at radius 3 is 2.56 bits per heavy atom. The second-order valence-corrected chi connectivity index (χ2v) is 15.4. The molecule has 2 N–H and O–H groups in total. The van der Waals surface area contributed by atoms with E-state index in [2.05, 4.69) is 53.9 Å². The highest BCUT2D eigenvalue weighted by Gasteiger charge is 2.32. The van der Waals surface area contributed by atoms with E-state index in [0.29, 0.717) is 57.1 Å². The maximum Gasteiger partial charge on any atom is 0.235 e. The Hall–Kier alpha value is -3.95. The number of nitrogens with zero attached hydrogens (tertiary/aromatic N) is 8. The Balaban J connectivity index is 0.864. The van der Waals surface area contributed by atoms with Gasteiger partial charge in [-0.15, -0.1) is 0 Å². The van der Waals surface area contributed by atoms with Gasteiger partial charge in [-0.25, -0.2) is 22.4 Å². The van der Waals surface area contributed by atoms with Crippen LogP contribution in [0.4, 0.5) is 5.95 Å². The molecule has 1 unspecified atom stereocenters. The summed E-state index contributed by atoms with van der Waals surface area (Å²) in [5.74, 6) is 0.233. The standard InChI is InChI=1S/C33H44N10O4S/c1-3-43-31-24(21-35-43)20-34-33(38-31)36-25-11-16-42(17-12-25)48(46,47)18-4-13-41-14-9-22(10-15-41)23-5-6-26-28(19-23)40(2)39-30(26)27-7-8-29(44)37-32(27)45/h5-6,19-22,25,27H,3-4,7-18H2,1-2H3,(H,34,36,38)(H,37,44,45). The van der Waals surface area contributed by atoms with Crippen molar-refractivity contribution in [2.24, 2.45) is 7.05 Å². The topological polar surface area (TPSA) is 160 Å². The summed E-state index contributed by atoms with van der Waals surface area (Å²) >= 11 is 0. The Morgan fingerprint density at radius 1 is 1.02 bits per heavy atom. The number of aryl methyl sites for hydroxylation is 2. The number of anilines is 1. The van der Waals surface area contributed by atoms with Gasteiger partial charge in [-0.3, -0.25) is 19.6 Å². The van der Waals surface area contributed by atoms with E-state index in [-0.39, 0.29) is 23.6 Å². The van der Waals surface area contributed by atoms with Crippen LogP contribution in [0.2, 0.25) is 0 Å². The van der Waals surface area contributed by atoms with Gasteiger partial charge in [0.15, 0.2) is 5.65 Å². The molecule has 3 aliphatic heterocycles. The molecule has 6 heterocycles. The summed E-state index contributed by atoms with van der Waals surface area (Å²) in [6, 6.07) is 6.54. The van der Waals surface area contributed by atoms with Crippen molar-refractivity contribution in [3.05, 3.63) is 41.9 Å². The van der Waals surface area contributed by atoms with E-state index in [0.717, 1.165) is 66.7 Å². The van der Waals surface area contributed by atoms with E-state index in [1.807, 2.05) is 23.3 Å². The second kappa shape index (κ2) is 13.5. The van der Waals surface area contributed by atoms with Crippen LogP contribution in [0, 0.1) is 0 Å². The van der Waals surface area contributed by atoms with Crippen molar-refractivity contribution in [1.29, 1.82) is 0 Å². The van der Waals surface area contributed by atoms with E-state index >= 15 is 0 Å². The number of rotatable bonds is 10. The highest BCUT2D eigenvalue weighted by Crippen LogP contribution is 2.34. The number of nitrogens with one attached hydrogen (secondary N) is 2. The fourth-order valence-electron chi connectivity index (χ4n) is 7.49. The molecule has 7 rings (SSSR count). The fourth-order valence-corrected chi connectivity index (χ4v) is 9.01. The Labute approximate surface area is 280 Å². The number of hydrogen-bond donors (Lipinski definition) is 2.